The molecule has 0 saturated carbocycles. The van der Waals surface area contributed by atoms with Crippen molar-refractivity contribution in [2.24, 2.45) is 5.16 Å². The van der Waals surface area contributed by atoms with E-state index in [9.17, 15) is 5.26 Å². The van der Waals surface area contributed by atoms with Crippen molar-refractivity contribution in [1.82, 2.24) is 0 Å². The topological polar surface area (TPSA) is 56.4 Å². The van der Waals surface area contributed by atoms with Gasteiger partial charge in [-0.1, -0.05) is 58.2 Å². The molecule has 0 heterocycles. The maximum Gasteiger partial charge on any atom is 0.122 e. The predicted octanol–water partition coefficient (Wildman–Crippen LogP) is 4.36. The number of hydrogen-bond acceptors (Lipinski definition) is 3. The van der Waals surface area contributed by atoms with Crippen LogP contribution in [0.15, 0.2) is 57.2 Å². The average molecular weight is 305 g/mol. The summed E-state index contributed by atoms with van der Waals surface area (Å²) in [6, 6.07) is 9.67. The third kappa shape index (κ3) is 2.62. The van der Waals surface area contributed by atoms with Gasteiger partial charge in [-0.3, -0.25) is 0 Å². The lowest BCUT2D eigenvalue weighted by Crippen LogP contribution is -2.04. The molecule has 0 radical (unpaired) electrons. The fraction of sp³-hybridized carbons (Fsp3) is 0.0667. The standard InChI is InChI=1S/C15H10Cl2N2O/c1-9-2-4-10(5-3-9)12(8-18)11-6-7-13(19-20)15(17)14(11)16/h2-7,20H,1H3/b12-11+,19-13+. The molecule has 1 aromatic rings. The number of halogens is 2. The molecule has 0 saturated heterocycles. The molecular weight excluding hydrogens is 295 g/mol. The molecular formula is C15H10Cl2N2O. The van der Waals surface area contributed by atoms with Crippen LogP contribution >= 0.6 is 23.2 Å². The van der Waals surface area contributed by atoms with Crippen molar-refractivity contribution in [3.63, 3.8) is 0 Å². The van der Waals surface area contributed by atoms with Gasteiger partial charge in [0.05, 0.1) is 15.6 Å². The van der Waals surface area contributed by atoms with Crippen molar-refractivity contribution < 1.29 is 5.21 Å². The first-order valence-electron chi connectivity index (χ1n) is 5.76. The number of hydrogen-bond donors (Lipinski definition) is 1. The molecule has 0 unspecified atom stereocenters. The van der Waals surface area contributed by atoms with E-state index in [2.05, 4.69) is 11.2 Å². The lowest BCUT2D eigenvalue weighted by molar-refractivity contribution is 0.320. The van der Waals surface area contributed by atoms with E-state index in [0.717, 1.165) is 11.1 Å². The molecule has 0 aromatic heterocycles. The molecule has 0 bridgehead atoms. The quantitative estimate of drug-likeness (QED) is 0.476. The van der Waals surface area contributed by atoms with Crippen LogP contribution in [0, 0.1) is 18.3 Å². The van der Waals surface area contributed by atoms with Gasteiger partial charge in [0.2, 0.25) is 0 Å². The zero-order valence-corrected chi connectivity index (χ0v) is 12.1. The maximum absolute atomic E-state index is 9.38. The Morgan fingerprint density at radius 2 is 1.80 bits per heavy atom. The summed E-state index contributed by atoms with van der Waals surface area (Å²) in [5, 5.41) is 21.5. The fourth-order valence-electron chi connectivity index (χ4n) is 1.81. The molecule has 0 spiro atoms. The van der Waals surface area contributed by atoms with Crippen molar-refractivity contribution in [2.75, 3.05) is 0 Å². The Hall–Kier alpha value is -2.02. The first kappa shape index (κ1) is 14.4. The minimum absolute atomic E-state index is 0.117. The molecule has 0 aliphatic heterocycles. The van der Waals surface area contributed by atoms with Crippen LogP contribution in [0.2, 0.25) is 0 Å². The second-order valence-corrected chi connectivity index (χ2v) is 4.97. The zero-order valence-electron chi connectivity index (χ0n) is 10.6. The summed E-state index contributed by atoms with van der Waals surface area (Å²) in [5.41, 5.74) is 2.95. The Kier molecular flexibility index (Phi) is 4.29. The molecule has 100 valence electrons. The Morgan fingerprint density at radius 1 is 1.15 bits per heavy atom. The first-order valence-corrected chi connectivity index (χ1v) is 6.51. The Labute approximate surface area is 126 Å². The van der Waals surface area contributed by atoms with E-state index in [0.29, 0.717) is 11.1 Å². The van der Waals surface area contributed by atoms with Crippen LogP contribution in [0.3, 0.4) is 0 Å². The van der Waals surface area contributed by atoms with Gasteiger partial charge in [0.15, 0.2) is 0 Å². The highest BCUT2D eigenvalue weighted by Gasteiger charge is 2.20. The van der Waals surface area contributed by atoms with E-state index in [1.807, 2.05) is 31.2 Å². The average Bonchev–Trinajstić information content (AvgIpc) is 2.46. The van der Waals surface area contributed by atoms with Gasteiger partial charge in [-0.2, -0.15) is 5.26 Å². The second-order valence-electron chi connectivity index (χ2n) is 4.21. The summed E-state index contributed by atoms with van der Waals surface area (Å²) in [5.74, 6) is 0. The monoisotopic (exact) mass is 304 g/mol. The summed E-state index contributed by atoms with van der Waals surface area (Å²) < 4.78 is 0. The molecule has 1 N–H and O–H groups in total. The van der Waals surface area contributed by atoms with Gasteiger partial charge >= 0.3 is 0 Å². The Morgan fingerprint density at radius 3 is 2.35 bits per heavy atom. The summed E-state index contributed by atoms with van der Waals surface area (Å²) >= 11 is 12.2. The van der Waals surface area contributed by atoms with Gasteiger partial charge in [0.25, 0.3) is 0 Å². The number of benzene rings is 1. The van der Waals surface area contributed by atoms with Crippen LogP contribution in [0.4, 0.5) is 0 Å². The van der Waals surface area contributed by atoms with Gasteiger partial charge < -0.3 is 5.21 Å². The van der Waals surface area contributed by atoms with E-state index in [-0.39, 0.29) is 15.8 Å². The summed E-state index contributed by atoms with van der Waals surface area (Å²) in [7, 11) is 0. The minimum Gasteiger partial charge on any atom is -0.410 e. The number of nitrogens with zero attached hydrogens (tertiary/aromatic N) is 2. The number of allylic oxidation sites excluding steroid dienone is 6. The lowest BCUT2D eigenvalue weighted by Gasteiger charge is -2.12. The van der Waals surface area contributed by atoms with Gasteiger partial charge in [-0.15, -0.1) is 0 Å². The highest BCUT2D eigenvalue weighted by atomic mass is 35.5. The van der Waals surface area contributed by atoms with Gasteiger partial charge in [-0.25, -0.2) is 0 Å². The van der Waals surface area contributed by atoms with Gasteiger partial charge in [0, 0.05) is 5.57 Å². The molecule has 5 heteroatoms. The number of rotatable bonds is 1. The van der Waals surface area contributed by atoms with E-state index in [1.165, 1.54) is 6.08 Å². The maximum atomic E-state index is 9.38. The Bertz CT molecular complexity index is 704. The second kappa shape index (κ2) is 5.96. The molecule has 1 aliphatic rings. The molecule has 1 aliphatic carbocycles. The van der Waals surface area contributed by atoms with Gasteiger partial charge in [-0.05, 0) is 24.6 Å². The van der Waals surface area contributed by atoms with Gasteiger partial charge in [0.1, 0.15) is 11.8 Å². The van der Waals surface area contributed by atoms with Crippen molar-refractivity contribution in [3.05, 3.63) is 63.2 Å². The van der Waals surface area contributed by atoms with Crippen LogP contribution < -0.4 is 0 Å². The zero-order chi connectivity index (χ0) is 14.7. The molecule has 0 atom stereocenters. The number of oxime groups is 1. The molecule has 0 fully saturated rings. The summed E-state index contributed by atoms with van der Waals surface area (Å²) in [4.78, 5) is 0. The highest BCUT2D eigenvalue weighted by molar-refractivity contribution is 6.52. The van der Waals surface area contributed by atoms with Crippen LogP contribution in [-0.4, -0.2) is 10.9 Å². The summed E-state index contributed by atoms with van der Waals surface area (Å²) in [6.07, 6.45) is 3.12. The largest absolute Gasteiger partial charge is 0.410 e. The van der Waals surface area contributed by atoms with E-state index < -0.39 is 0 Å². The van der Waals surface area contributed by atoms with Crippen molar-refractivity contribution >= 4 is 34.5 Å². The minimum atomic E-state index is 0.117. The molecule has 3 nitrogen and oxygen atoms in total. The first-order chi connectivity index (χ1) is 9.58. The SMILES string of the molecule is Cc1ccc(/C(C#N)=C2C=C/C(=N\O)C(Cl)=C\2Cl)cc1. The molecule has 1 aromatic carbocycles. The number of nitriles is 1. The van der Waals surface area contributed by atoms with Crippen molar-refractivity contribution in [3.8, 4) is 6.07 Å². The predicted molar refractivity (Wildman–Crippen MR) is 80.8 cm³/mol. The van der Waals surface area contributed by atoms with Crippen molar-refractivity contribution in [2.45, 2.75) is 6.92 Å². The van der Waals surface area contributed by atoms with E-state index in [4.69, 9.17) is 28.4 Å². The molecule has 2 rings (SSSR count). The fourth-order valence-corrected chi connectivity index (χ4v) is 2.27. The Balaban J connectivity index is 2.61. The third-order valence-electron chi connectivity index (χ3n) is 2.89. The van der Waals surface area contributed by atoms with Crippen LogP contribution in [0.25, 0.3) is 5.57 Å². The van der Waals surface area contributed by atoms with Crippen LogP contribution in [0.1, 0.15) is 11.1 Å². The number of aryl methyl sites for hydroxylation is 1. The van der Waals surface area contributed by atoms with Crippen LogP contribution in [0.5, 0.6) is 0 Å². The highest BCUT2D eigenvalue weighted by Crippen LogP contribution is 2.34. The van der Waals surface area contributed by atoms with E-state index >= 15 is 0 Å². The molecule has 0 amide bonds. The van der Waals surface area contributed by atoms with Crippen molar-refractivity contribution in [1.29, 1.82) is 5.26 Å². The third-order valence-corrected chi connectivity index (χ3v) is 3.76. The lowest BCUT2D eigenvalue weighted by atomic mass is 9.96. The smallest absolute Gasteiger partial charge is 0.122 e. The normalized spacial score (nSPS) is 19.2. The van der Waals surface area contributed by atoms with Crippen LogP contribution in [-0.2, 0) is 0 Å². The summed E-state index contributed by atoms with van der Waals surface area (Å²) in [6.45, 7) is 1.97. The molecule has 20 heavy (non-hydrogen) atoms. The van der Waals surface area contributed by atoms with E-state index in [1.54, 1.807) is 6.08 Å².